The van der Waals surface area contributed by atoms with Crippen molar-refractivity contribution in [1.29, 1.82) is 0 Å². The van der Waals surface area contributed by atoms with Crippen molar-refractivity contribution < 1.29 is 48.9 Å². The van der Waals surface area contributed by atoms with Crippen LogP contribution in [-0.4, -0.2) is 75.4 Å². The second kappa shape index (κ2) is 23.1. The summed E-state index contributed by atoms with van der Waals surface area (Å²) in [4.78, 5) is 81.5. The van der Waals surface area contributed by atoms with Gasteiger partial charge in [0.2, 0.25) is 5.91 Å². The molecule has 0 spiro atoms. The minimum atomic E-state index is -1.26. The smallest absolute Gasteiger partial charge is 0.326 e. The number of aliphatic carboxylic acids is 3. The van der Waals surface area contributed by atoms with E-state index in [9.17, 15) is 43.8 Å². The van der Waals surface area contributed by atoms with Gasteiger partial charge in [0.05, 0.1) is 12.0 Å². The number of ketones is 2. The molecule has 0 aliphatic carbocycles. The number of hydrogen-bond donors (Lipinski definition) is 6. The van der Waals surface area contributed by atoms with Crippen LogP contribution in [0.1, 0.15) is 117 Å². The Hall–Kier alpha value is -3.51. The van der Waals surface area contributed by atoms with Crippen molar-refractivity contribution in [1.82, 2.24) is 16.0 Å². The zero-order valence-corrected chi connectivity index (χ0v) is 25.0. The number of carboxylic acid groups (broad SMARTS) is 3. The predicted octanol–water partition coefficient (Wildman–Crippen LogP) is 3.43. The third-order valence-electron chi connectivity index (χ3n) is 6.88. The molecule has 240 valence electrons. The standard InChI is InChI=1S/C29H49N3O10/c1-3-4-7-12-21(27(38)39)19-22(34)13-8-5-6-9-15-25(35)30-18-11-10-14-24(28(40)41)32-29(42)31-23(20(2)33)16-17-26(36)37/h21,23-24H,3-19H2,1-2H3,(H,30,35)(H,36,37)(H,38,39)(H,40,41)(H2,31,32,42). The fourth-order valence-corrected chi connectivity index (χ4v) is 4.34. The SMILES string of the molecule is CCCCCC(CC(=O)CCCCCCC(=O)NCCCCC(NC(=O)NC(CCC(=O)O)C(C)=O)C(=O)O)C(=O)O. The van der Waals surface area contributed by atoms with Gasteiger partial charge in [-0.1, -0.05) is 39.0 Å². The van der Waals surface area contributed by atoms with E-state index in [4.69, 9.17) is 5.11 Å². The Bertz CT molecular complexity index is 893. The minimum Gasteiger partial charge on any atom is -0.481 e. The lowest BCUT2D eigenvalue weighted by molar-refractivity contribution is -0.144. The summed E-state index contributed by atoms with van der Waals surface area (Å²) >= 11 is 0. The van der Waals surface area contributed by atoms with E-state index in [-0.39, 0.29) is 37.4 Å². The molecule has 0 saturated heterocycles. The first-order chi connectivity index (χ1) is 19.9. The summed E-state index contributed by atoms with van der Waals surface area (Å²) in [5.74, 6) is -4.51. The predicted molar refractivity (Wildman–Crippen MR) is 154 cm³/mol. The zero-order chi connectivity index (χ0) is 31.9. The Morgan fingerprint density at radius 2 is 1.26 bits per heavy atom. The first-order valence-corrected chi connectivity index (χ1v) is 14.9. The Morgan fingerprint density at radius 3 is 1.83 bits per heavy atom. The number of nitrogens with one attached hydrogen (secondary N) is 3. The van der Waals surface area contributed by atoms with Crippen molar-refractivity contribution >= 4 is 41.4 Å². The summed E-state index contributed by atoms with van der Waals surface area (Å²) in [7, 11) is 0. The van der Waals surface area contributed by atoms with Gasteiger partial charge in [0.1, 0.15) is 11.8 Å². The molecule has 0 radical (unpaired) electrons. The quantitative estimate of drug-likeness (QED) is 0.0796. The van der Waals surface area contributed by atoms with Gasteiger partial charge in [-0.15, -0.1) is 0 Å². The highest BCUT2D eigenvalue weighted by Crippen LogP contribution is 2.17. The van der Waals surface area contributed by atoms with E-state index in [1.165, 1.54) is 6.92 Å². The zero-order valence-electron chi connectivity index (χ0n) is 25.0. The molecule has 0 fully saturated rings. The van der Waals surface area contributed by atoms with Gasteiger partial charge in [-0.3, -0.25) is 24.0 Å². The van der Waals surface area contributed by atoms with Crippen LogP contribution < -0.4 is 16.0 Å². The van der Waals surface area contributed by atoms with Gasteiger partial charge in [0, 0.05) is 32.2 Å². The lowest BCUT2D eigenvalue weighted by atomic mass is 9.94. The van der Waals surface area contributed by atoms with Crippen molar-refractivity contribution in [3.05, 3.63) is 0 Å². The van der Waals surface area contributed by atoms with Crippen molar-refractivity contribution in [2.24, 2.45) is 5.92 Å². The molecule has 0 aromatic heterocycles. The maximum Gasteiger partial charge on any atom is 0.326 e. The van der Waals surface area contributed by atoms with Crippen molar-refractivity contribution in [3.63, 3.8) is 0 Å². The third-order valence-corrected chi connectivity index (χ3v) is 6.88. The molecular formula is C29H49N3O10. The third kappa shape index (κ3) is 20.4. The van der Waals surface area contributed by atoms with E-state index in [0.717, 1.165) is 32.1 Å². The van der Waals surface area contributed by atoms with E-state index in [2.05, 4.69) is 16.0 Å². The van der Waals surface area contributed by atoms with Crippen LogP contribution in [0.3, 0.4) is 0 Å². The summed E-state index contributed by atoms with van der Waals surface area (Å²) in [5, 5.41) is 34.8. The lowest BCUT2D eigenvalue weighted by Crippen LogP contribution is -2.50. The topological polar surface area (TPSA) is 216 Å². The number of urea groups is 1. The molecule has 13 heteroatoms. The summed E-state index contributed by atoms with van der Waals surface area (Å²) in [6, 6.07) is -3.13. The van der Waals surface area contributed by atoms with E-state index in [0.29, 0.717) is 51.5 Å². The second-order valence-corrected chi connectivity index (χ2v) is 10.6. The molecule has 3 atom stereocenters. The molecule has 3 amide bonds. The monoisotopic (exact) mass is 599 g/mol. The fourth-order valence-electron chi connectivity index (χ4n) is 4.34. The first kappa shape index (κ1) is 38.5. The molecule has 6 N–H and O–H groups in total. The molecule has 42 heavy (non-hydrogen) atoms. The number of rotatable bonds is 26. The first-order valence-electron chi connectivity index (χ1n) is 14.9. The van der Waals surface area contributed by atoms with Crippen molar-refractivity contribution in [2.45, 2.75) is 129 Å². The summed E-state index contributed by atoms with van der Waals surface area (Å²) in [6.45, 7) is 3.59. The Labute approximate surface area is 247 Å². The molecule has 0 aliphatic heterocycles. The highest BCUT2D eigenvalue weighted by atomic mass is 16.4. The molecule has 0 heterocycles. The molecule has 3 unspecified atom stereocenters. The molecule has 0 aliphatic rings. The van der Waals surface area contributed by atoms with Gasteiger partial charge in [-0.25, -0.2) is 9.59 Å². The van der Waals surface area contributed by atoms with Crippen LogP contribution in [0.5, 0.6) is 0 Å². The van der Waals surface area contributed by atoms with Gasteiger partial charge in [-0.05, 0) is 51.9 Å². The van der Waals surface area contributed by atoms with Gasteiger partial charge < -0.3 is 31.3 Å². The summed E-state index contributed by atoms with van der Waals surface area (Å²) in [6.07, 6.45) is 7.47. The average molecular weight is 600 g/mol. The van der Waals surface area contributed by atoms with Crippen LogP contribution in [0.4, 0.5) is 4.79 Å². The van der Waals surface area contributed by atoms with E-state index in [1.807, 2.05) is 6.92 Å². The van der Waals surface area contributed by atoms with Crippen LogP contribution in [0.25, 0.3) is 0 Å². The van der Waals surface area contributed by atoms with E-state index < -0.39 is 47.7 Å². The van der Waals surface area contributed by atoms with Crippen LogP contribution >= 0.6 is 0 Å². The molecular weight excluding hydrogens is 550 g/mol. The number of amides is 3. The average Bonchev–Trinajstić information content (AvgIpc) is 2.91. The summed E-state index contributed by atoms with van der Waals surface area (Å²) in [5.41, 5.74) is 0. The number of unbranched alkanes of at least 4 members (excludes halogenated alkanes) is 6. The largest absolute Gasteiger partial charge is 0.481 e. The second-order valence-electron chi connectivity index (χ2n) is 10.6. The number of carbonyl (C=O) groups excluding carboxylic acids is 4. The normalized spacial score (nSPS) is 12.9. The highest BCUT2D eigenvalue weighted by Gasteiger charge is 2.23. The van der Waals surface area contributed by atoms with Gasteiger partial charge in [-0.2, -0.15) is 0 Å². The Morgan fingerprint density at radius 1 is 0.643 bits per heavy atom. The Kier molecular flexibility index (Phi) is 21.2. The minimum absolute atomic E-state index is 0.0337. The number of carbonyl (C=O) groups is 7. The molecule has 0 saturated carbocycles. The number of hydrogen-bond acceptors (Lipinski definition) is 7. The van der Waals surface area contributed by atoms with Gasteiger partial charge >= 0.3 is 23.9 Å². The summed E-state index contributed by atoms with van der Waals surface area (Å²) < 4.78 is 0. The van der Waals surface area contributed by atoms with Crippen molar-refractivity contribution in [3.8, 4) is 0 Å². The lowest BCUT2D eigenvalue weighted by Gasteiger charge is -2.19. The van der Waals surface area contributed by atoms with Crippen LogP contribution in [0.15, 0.2) is 0 Å². The molecule has 13 nitrogen and oxygen atoms in total. The maximum absolute atomic E-state index is 12.1. The van der Waals surface area contributed by atoms with Crippen molar-refractivity contribution in [2.75, 3.05) is 6.54 Å². The van der Waals surface area contributed by atoms with Crippen LogP contribution in [-0.2, 0) is 28.8 Å². The molecule has 0 rings (SSSR count). The maximum atomic E-state index is 12.1. The van der Waals surface area contributed by atoms with Crippen LogP contribution in [0.2, 0.25) is 0 Å². The number of carboxylic acids is 3. The molecule has 0 aromatic carbocycles. The number of Topliss-reactive ketones (excluding diaryl/α,β-unsaturated/α-hetero) is 2. The van der Waals surface area contributed by atoms with Gasteiger partial charge in [0.25, 0.3) is 0 Å². The van der Waals surface area contributed by atoms with E-state index in [1.54, 1.807) is 0 Å². The van der Waals surface area contributed by atoms with Crippen LogP contribution in [0, 0.1) is 5.92 Å². The van der Waals surface area contributed by atoms with Gasteiger partial charge in [0.15, 0.2) is 5.78 Å². The fraction of sp³-hybridized carbons (Fsp3) is 0.759. The van der Waals surface area contributed by atoms with E-state index >= 15 is 0 Å². The Balaban J connectivity index is 4.10. The molecule has 0 bridgehead atoms. The highest BCUT2D eigenvalue weighted by molar-refractivity contribution is 5.89. The molecule has 0 aromatic rings.